The summed E-state index contributed by atoms with van der Waals surface area (Å²) < 4.78 is 0. The van der Waals surface area contributed by atoms with Crippen molar-refractivity contribution in [1.82, 2.24) is 15.1 Å². The van der Waals surface area contributed by atoms with E-state index in [1.165, 1.54) is 0 Å². The lowest BCUT2D eigenvalue weighted by Crippen LogP contribution is -2.53. The van der Waals surface area contributed by atoms with Gasteiger partial charge in [-0.15, -0.1) is 0 Å². The van der Waals surface area contributed by atoms with E-state index in [0.29, 0.717) is 38.1 Å². The van der Waals surface area contributed by atoms with Gasteiger partial charge in [0.2, 0.25) is 5.91 Å². The van der Waals surface area contributed by atoms with Gasteiger partial charge in [-0.2, -0.15) is 0 Å². The Balaban J connectivity index is 2.35. The number of nitrogens with zero attached hydrogens (tertiary/aromatic N) is 2. The van der Waals surface area contributed by atoms with Crippen molar-refractivity contribution >= 4 is 27.9 Å². The molecule has 0 aromatic rings. The Bertz CT molecular complexity index is 240. The number of nitrogens with one attached hydrogen (secondary N) is 1. The van der Waals surface area contributed by atoms with Crippen LogP contribution in [0.4, 0.5) is 4.79 Å². The van der Waals surface area contributed by atoms with E-state index in [2.05, 4.69) is 21.2 Å². The van der Waals surface area contributed by atoms with Gasteiger partial charge in [-0.05, 0) is 6.92 Å². The first kappa shape index (κ1) is 12.3. The summed E-state index contributed by atoms with van der Waals surface area (Å²) in [4.78, 5) is 26.3. The van der Waals surface area contributed by atoms with Crippen LogP contribution in [-0.2, 0) is 4.79 Å². The molecule has 0 saturated carbocycles. The fourth-order valence-corrected chi connectivity index (χ4v) is 1.86. The minimum absolute atomic E-state index is 0.0385. The SMILES string of the molecule is CCNC(=O)N1CCN(C(=O)CBr)CC1. The lowest BCUT2D eigenvalue weighted by Gasteiger charge is -2.34. The summed E-state index contributed by atoms with van der Waals surface area (Å²) in [6.07, 6.45) is 0. The molecule has 1 fully saturated rings. The molecule has 86 valence electrons. The maximum absolute atomic E-state index is 11.4. The fourth-order valence-electron chi connectivity index (χ4n) is 1.51. The molecule has 0 atom stereocenters. The Labute approximate surface area is 97.9 Å². The maximum atomic E-state index is 11.4. The lowest BCUT2D eigenvalue weighted by atomic mass is 10.3. The Hall–Kier alpha value is -0.780. The molecule has 0 aliphatic carbocycles. The lowest BCUT2D eigenvalue weighted by molar-refractivity contribution is -0.129. The van der Waals surface area contributed by atoms with Gasteiger partial charge in [0.15, 0.2) is 0 Å². The Morgan fingerprint density at radius 3 is 2.20 bits per heavy atom. The van der Waals surface area contributed by atoms with Crippen LogP contribution < -0.4 is 5.32 Å². The molecule has 15 heavy (non-hydrogen) atoms. The molecule has 3 amide bonds. The highest BCUT2D eigenvalue weighted by atomic mass is 79.9. The number of amides is 3. The topological polar surface area (TPSA) is 52.7 Å². The second-order valence-corrected chi connectivity index (χ2v) is 3.90. The van der Waals surface area contributed by atoms with Crippen LogP contribution in [0.3, 0.4) is 0 Å². The molecule has 6 heteroatoms. The van der Waals surface area contributed by atoms with Crippen LogP contribution in [0.5, 0.6) is 0 Å². The van der Waals surface area contributed by atoms with Gasteiger partial charge < -0.3 is 15.1 Å². The highest BCUT2D eigenvalue weighted by Gasteiger charge is 2.22. The Morgan fingerprint density at radius 2 is 1.73 bits per heavy atom. The number of piperazine rings is 1. The van der Waals surface area contributed by atoms with E-state index in [1.807, 2.05) is 6.92 Å². The summed E-state index contributed by atoms with van der Waals surface area (Å²) >= 11 is 3.14. The minimum Gasteiger partial charge on any atom is -0.338 e. The van der Waals surface area contributed by atoms with Gasteiger partial charge in [0, 0.05) is 32.7 Å². The average molecular weight is 278 g/mol. The quantitative estimate of drug-likeness (QED) is 0.736. The zero-order valence-corrected chi connectivity index (χ0v) is 10.4. The van der Waals surface area contributed by atoms with E-state index in [0.717, 1.165) is 0 Å². The fraction of sp³-hybridized carbons (Fsp3) is 0.778. The number of alkyl halides is 1. The van der Waals surface area contributed by atoms with E-state index < -0.39 is 0 Å². The molecule has 1 rings (SSSR count). The minimum atomic E-state index is -0.0385. The monoisotopic (exact) mass is 277 g/mol. The molecule has 0 bridgehead atoms. The third kappa shape index (κ3) is 3.37. The summed E-state index contributed by atoms with van der Waals surface area (Å²) in [7, 11) is 0. The van der Waals surface area contributed by atoms with Gasteiger partial charge >= 0.3 is 6.03 Å². The van der Waals surface area contributed by atoms with Crippen molar-refractivity contribution in [1.29, 1.82) is 0 Å². The second kappa shape index (κ2) is 5.95. The molecule has 1 saturated heterocycles. The van der Waals surface area contributed by atoms with Crippen molar-refractivity contribution in [3.05, 3.63) is 0 Å². The number of hydrogen-bond acceptors (Lipinski definition) is 2. The summed E-state index contributed by atoms with van der Waals surface area (Å²) in [5, 5.41) is 3.10. The summed E-state index contributed by atoms with van der Waals surface area (Å²) in [6.45, 7) is 5.01. The number of rotatable bonds is 2. The summed E-state index contributed by atoms with van der Waals surface area (Å²) in [5.41, 5.74) is 0. The Kier molecular flexibility index (Phi) is 4.87. The van der Waals surface area contributed by atoms with E-state index in [4.69, 9.17) is 0 Å². The number of urea groups is 1. The van der Waals surface area contributed by atoms with Gasteiger partial charge in [-0.1, -0.05) is 15.9 Å². The van der Waals surface area contributed by atoms with E-state index >= 15 is 0 Å². The molecular weight excluding hydrogens is 262 g/mol. The second-order valence-electron chi connectivity index (χ2n) is 3.34. The number of carbonyl (C=O) groups is 2. The third-order valence-corrected chi connectivity index (χ3v) is 2.84. The molecular formula is C9H16BrN3O2. The third-order valence-electron chi connectivity index (χ3n) is 2.36. The average Bonchev–Trinajstić information content (AvgIpc) is 2.28. The molecule has 0 radical (unpaired) electrons. The number of hydrogen-bond donors (Lipinski definition) is 1. The van der Waals surface area contributed by atoms with E-state index in [-0.39, 0.29) is 11.9 Å². The first-order valence-electron chi connectivity index (χ1n) is 5.05. The summed E-state index contributed by atoms with van der Waals surface area (Å²) in [6, 6.07) is -0.0385. The van der Waals surface area contributed by atoms with Crippen molar-refractivity contribution in [2.24, 2.45) is 0 Å². The number of carbonyl (C=O) groups excluding carboxylic acids is 2. The molecule has 0 spiro atoms. The predicted octanol–water partition coefficient (Wildman–Crippen LogP) is 0.255. The van der Waals surface area contributed by atoms with Crippen LogP contribution in [0.25, 0.3) is 0 Å². The predicted molar refractivity (Wildman–Crippen MR) is 61.0 cm³/mol. The highest BCUT2D eigenvalue weighted by Crippen LogP contribution is 2.03. The molecule has 5 nitrogen and oxygen atoms in total. The molecule has 0 aromatic carbocycles. The Morgan fingerprint density at radius 1 is 1.20 bits per heavy atom. The van der Waals surface area contributed by atoms with Crippen molar-refractivity contribution in [3.8, 4) is 0 Å². The molecule has 1 heterocycles. The van der Waals surface area contributed by atoms with Gasteiger partial charge in [0.1, 0.15) is 0 Å². The van der Waals surface area contributed by atoms with Crippen LogP contribution in [0.15, 0.2) is 0 Å². The van der Waals surface area contributed by atoms with Gasteiger partial charge in [0.25, 0.3) is 0 Å². The standard InChI is InChI=1S/C9H16BrN3O2/c1-2-11-9(15)13-5-3-12(4-6-13)8(14)7-10/h2-7H2,1H3,(H,11,15). The van der Waals surface area contributed by atoms with Crippen LogP contribution in [-0.4, -0.2) is 59.8 Å². The molecule has 1 aliphatic heterocycles. The smallest absolute Gasteiger partial charge is 0.317 e. The van der Waals surface area contributed by atoms with Crippen LogP contribution in [0, 0.1) is 0 Å². The van der Waals surface area contributed by atoms with E-state index in [9.17, 15) is 9.59 Å². The first-order valence-corrected chi connectivity index (χ1v) is 6.17. The molecule has 1 aliphatic rings. The van der Waals surface area contributed by atoms with Gasteiger partial charge in [0.05, 0.1) is 5.33 Å². The van der Waals surface area contributed by atoms with Gasteiger partial charge in [-0.25, -0.2) is 4.79 Å². The largest absolute Gasteiger partial charge is 0.338 e. The van der Waals surface area contributed by atoms with Crippen LogP contribution in [0.1, 0.15) is 6.92 Å². The van der Waals surface area contributed by atoms with Gasteiger partial charge in [-0.3, -0.25) is 4.79 Å². The first-order chi connectivity index (χ1) is 7.19. The van der Waals surface area contributed by atoms with Crippen LogP contribution in [0.2, 0.25) is 0 Å². The van der Waals surface area contributed by atoms with Crippen molar-refractivity contribution in [2.75, 3.05) is 38.1 Å². The molecule has 0 unspecified atom stereocenters. The highest BCUT2D eigenvalue weighted by molar-refractivity contribution is 9.09. The zero-order valence-electron chi connectivity index (χ0n) is 8.83. The van der Waals surface area contributed by atoms with E-state index in [1.54, 1.807) is 9.80 Å². The normalized spacial score (nSPS) is 16.4. The zero-order chi connectivity index (χ0) is 11.3. The van der Waals surface area contributed by atoms with Crippen molar-refractivity contribution in [3.63, 3.8) is 0 Å². The molecule has 1 N–H and O–H groups in total. The maximum Gasteiger partial charge on any atom is 0.317 e. The number of halogens is 1. The molecule has 0 aromatic heterocycles. The summed E-state index contributed by atoms with van der Waals surface area (Å²) in [5.74, 6) is 0.0885. The van der Waals surface area contributed by atoms with Crippen molar-refractivity contribution in [2.45, 2.75) is 6.92 Å². The van der Waals surface area contributed by atoms with Crippen LogP contribution >= 0.6 is 15.9 Å². The van der Waals surface area contributed by atoms with Crippen molar-refractivity contribution < 1.29 is 9.59 Å².